The molecule has 0 aliphatic heterocycles. The maximum Gasteiger partial charge on any atom is 0.342 e. The van der Waals surface area contributed by atoms with Crippen molar-refractivity contribution < 1.29 is 14.6 Å². The van der Waals surface area contributed by atoms with Gasteiger partial charge in [-0.1, -0.05) is 66.4 Å². The van der Waals surface area contributed by atoms with E-state index in [9.17, 15) is 9.90 Å². The van der Waals surface area contributed by atoms with Crippen molar-refractivity contribution in [3.8, 4) is 5.75 Å². The highest BCUT2D eigenvalue weighted by Gasteiger charge is 2.13. The molecule has 0 saturated heterocycles. The Morgan fingerprint density at radius 2 is 1.71 bits per heavy atom. The van der Waals surface area contributed by atoms with E-state index >= 15 is 0 Å². The molecule has 0 aliphatic carbocycles. The summed E-state index contributed by atoms with van der Waals surface area (Å²) in [6, 6.07) is 21.2. The lowest BCUT2D eigenvalue weighted by Gasteiger charge is -2.10. The summed E-state index contributed by atoms with van der Waals surface area (Å²) < 4.78 is 5.54. The topological polar surface area (TPSA) is 46.5 Å². The van der Waals surface area contributed by atoms with Gasteiger partial charge >= 0.3 is 5.97 Å². The number of hydrogen-bond acceptors (Lipinski definition) is 3. The number of carboxylic acids is 1. The average Bonchev–Trinajstić information content (AvgIpc) is 2.61. The maximum absolute atomic E-state index is 11.6. The Bertz CT molecular complexity index is 901. The van der Waals surface area contributed by atoms with Crippen LogP contribution in [0.2, 0.25) is 0 Å². The first-order valence-electron chi connectivity index (χ1n) is 7.42. The zero-order valence-electron chi connectivity index (χ0n) is 13.1. The quantitative estimate of drug-likeness (QED) is 0.522. The van der Waals surface area contributed by atoms with Gasteiger partial charge in [0.25, 0.3) is 0 Å². The van der Waals surface area contributed by atoms with Gasteiger partial charge in [-0.25, -0.2) is 4.79 Å². The Balaban J connectivity index is 2.07. The first kappa shape index (κ1) is 16.1. The summed E-state index contributed by atoms with van der Waals surface area (Å²) in [6.45, 7) is 0. The predicted molar refractivity (Wildman–Crippen MR) is 98.4 cm³/mol. The predicted octanol–water partition coefficient (Wildman–Crippen LogP) is 5.07. The number of hydrogen-bond donors (Lipinski definition) is 1. The number of carbonyl (C=O) groups is 1. The molecule has 1 N–H and O–H groups in total. The van der Waals surface area contributed by atoms with E-state index in [1.165, 1.54) is 11.8 Å². The smallest absolute Gasteiger partial charge is 0.342 e. The molecule has 4 heteroatoms. The highest BCUT2D eigenvalue weighted by molar-refractivity contribution is 8.04. The summed E-state index contributed by atoms with van der Waals surface area (Å²) in [6.07, 6.45) is 1.66. The molecule has 24 heavy (non-hydrogen) atoms. The second-order valence-electron chi connectivity index (χ2n) is 5.14. The number of fused-ring (bicyclic) bond motifs is 1. The summed E-state index contributed by atoms with van der Waals surface area (Å²) in [7, 11) is 1.60. The van der Waals surface area contributed by atoms with Crippen LogP contribution in [0.25, 0.3) is 16.8 Å². The zero-order chi connectivity index (χ0) is 16.9. The van der Waals surface area contributed by atoms with Gasteiger partial charge < -0.3 is 9.84 Å². The van der Waals surface area contributed by atoms with Crippen LogP contribution >= 0.6 is 11.8 Å². The first-order valence-corrected chi connectivity index (χ1v) is 8.24. The average molecular weight is 336 g/mol. The molecule has 3 rings (SSSR count). The van der Waals surface area contributed by atoms with Crippen LogP contribution in [-0.2, 0) is 4.79 Å². The third kappa shape index (κ3) is 3.44. The van der Waals surface area contributed by atoms with Crippen molar-refractivity contribution in [3.63, 3.8) is 0 Å². The minimum Gasteiger partial charge on any atom is -0.495 e. The SMILES string of the molecule is COc1c(/C=C(\Sc2ccccc2)C(=O)O)ccc2ccccc12. The van der Waals surface area contributed by atoms with Gasteiger partial charge in [0.15, 0.2) is 0 Å². The van der Waals surface area contributed by atoms with Crippen molar-refractivity contribution in [2.24, 2.45) is 0 Å². The summed E-state index contributed by atoms with van der Waals surface area (Å²) in [5, 5.41) is 11.6. The second-order valence-corrected chi connectivity index (χ2v) is 6.25. The molecule has 120 valence electrons. The standard InChI is InChI=1S/C20H16O3S/c1-23-19-15(12-11-14-7-5-6-10-17(14)19)13-18(20(21)22)24-16-8-3-2-4-9-16/h2-13H,1H3,(H,21,22)/b18-13-. The fourth-order valence-electron chi connectivity index (χ4n) is 2.49. The zero-order valence-corrected chi connectivity index (χ0v) is 13.9. The highest BCUT2D eigenvalue weighted by Crippen LogP contribution is 2.34. The Kier molecular flexibility index (Phi) is 4.87. The minimum atomic E-state index is -0.959. The van der Waals surface area contributed by atoms with Crippen molar-refractivity contribution in [2.75, 3.05) is 7.11 Å². The monoisotopic (exact) mass is 336 g/mol. The van der Waals surface area contributed by atoms with Crippen molar-refractivity contribution in [1.29, 1.82) is 0 Å². The molecule has 3 nitrogen and oxygen atoms in total. The van der Waals surface area contributed by atoms with Crippen molar-refractivity contribution in [1.82, 2.24) is 0 Å². The lowest BCUT2D eigenvalue weighted by Crippen LogP contribution is -1.97. The van der Waals surface area contributed by atoms with Crippen LogP contribution in [0.15, 0.2) is 76.5 Å². The van der Waals surface area contributed by atoms with E-state index in [4.69, 9.17) is 4.74 Å². The fourth-order valence-corrected chi connectivity index (χ4v) is 3.31. The Labute approximate surface area is 144 Å². The van der Waals surface area contributed by atoms with Crippen LogP contribution in [0.3, 0.4) is 0 Å². The summed E-state index contributed by atoms with van der Waals surface area (Å²) in [4.78, 5) is 12.8. The number of carboxylic acid groups (broad SMARTS) is 1. The van der Waals surface area contributed by atoms with Gasteiger partial charge in [-0.15, -0.1) is 0 Å². The molecule has 0 radical (unpaired) electrons. The molecule has 0 spiro atoms. The number of methoxy groups -OCH3 is 1. The van der Waals surface area contributed by atoms with Gasteiger partial charge in [-0.05, 0) is 23.6 Å². The van der Waals surface area contributed by atoms with E-state index < -0.39 is 5.97 Å². The molecule has 0 bridgehead atoms. The Morgan fingerprint density at radius 1 is 1.00 bits per heavy atom. The molecule has 0 heterocycles. The highest BCUT2D eigenvalue weighted by atomic mass is 32.2. The van der Waals surface area contributed by atoms with E-state index in [0.717, 1.165) is 21.2 Å². The normalized spacial score (nSPS) is 11.5. The van der Waals surface area contributed by atoms with Crippen LogP contribution < -0.4 is 4.74 Å². The summed E-state index contributed by atoms with van der Waals surface area (Å²) in [5.41, 5.74) is 0.747. The van der Waals surface area contributed by atoms with Gasteiger partial charge in [-0.2, -0.15) is 0 Å². The van der Waals surface area contributed by atoms with Gasteiger partial charge in [0.2, 0.25) is 0 Å². The van der Waals surface area contributed by atoms with Crippen molar-refractivity contribution in [2.45, 2.75) is 4.90 Å². The van der Waals surface area contributed by atoms with Crippen LogP contribution in [0.1, 0.15) is 5.56 Å². The second kappa shape index (κ2) is 7.23. The van der Waals surface area contributed by atoms with Gasteiger partial charge in [0, 0.05) is 15.8 Å². The molecular weight excluding hydrogens is 320 g/mol. The third-order valence-electron chi connectivity index (χ3n) is 3.58. The van der Waals surface area contributed by atoms with Gasteiger partial charge in [0.05, 0.1) is 12.0 Å². The number of rotatable bonds is 5. The molecular formula is C20H16O3S. The van der Waals surface area contributed by atoms with Crippen molar-refractivity contribution >= 4 is 34.6 Å². The van der Waals surface area contributed by atoms with Crippen LogP contribution in [-0.4, -0.2) is 18.2 Å². The van der Waals surface area contributed by atoms with Gasteiger partial charge in [0.1, 0.15) is 5.75 Å². The summed E-state index contributed by atoms with van der Waals surface area (Å²) >= 11 is 1.22. The third-order valence-corrected chi connectivity index (χ3v) is 4.60. The Hall–Kier alpha value is -2.72. The Morgan fingerprint density at radius 3 is 2.42 bits per heavy atom. The molecule has 0 aromatic heterocycles. The lowest BCUT2D eigenvalue weighted by molar-refractivity contribution is -0.131. The molecule has 0 unspecified atom stereocenters. The summed E-state index contributed by atoms with van der Waals surface area (Å²) in [5.74, 6) is -0.278. The fraction of sp³-hybridized carbons (Fsp3) is 0.0500. The molecule has 3 aromatic rings. The maximum atomic E-state index is 11.6. The van der Waals surface area contributed by atoms with Crippen LogP contribution in [0, 0.1) is 0 Å². The van der Waals surface area contributed by atoms with Gasteiger partial charge in [-0.3, -0.25) is 0 Å². The molecule has 0 saturated carbocycles. The van der Waals surface area contributed by atoms with E-state index in [0.29, 0.717) is 5.75 Å². The van der Waals surface area contributed by atoms with E-state index in [-0.39, 0.29) is 4.91 Å². The van der Waals surface area contributed by atoms with Crippen molar-refractivity contribution in [3.05, 3.63) is 77.2 Å². The number of thioether (sulfide) groups is 1. The first-order chi connectivity index (χ1) is 11.7. The van der Waals surface area contributed by atoms with E-state index in [1.54, 1.807) is 13.2 Å². The van der Waals surface area contributed by atoms with E-state index in [1.807, 2.05) is 66.7 Å². The lowest BCUT2D eigenvalue weighted by atomic mass is 10.0. The molecule has 0 aliphatic rings. The molecule has 0 fully saturated rings. The number of aliphatic carboxylic acids is 1. The van der Waals surface area contributed by atoms with Crippen LogP contribution in [0.5, 0.6) is 5.75 Å². The van der Waals surface area contributed by atoms with Crippen LogP contribution in [0.4, 0.5) is 0 Å². The largest absolute Gasteiger partial charge is 0.495 e. The number of ether oxygens (including phenoxy) is 1. The number of benzene rings is 3. The molecule has 3 aromatic carbocycles. The van der Waals surface area contributed by atoms with E-state index in [2.05, 4.69) is 0 Å². The minimum absolute atomic E-state index is 0.245. The molecule has 0 atom stereocenters. The molecule has 0 amide bonds.